The molecule has 0 saturated heterocycles. The SMILES string of the molecule is CCOc1c(OC)cc(/C=C/C(=O)c2cccc(OC)c2)cc1OC. The highest BCUT2D eigenvalue weighted by Gasteiger charge is 2.13. The van der Waals surface area contributed by atoms with E-state index >= 15 is 0 Å². The zero-order chi connectivity index (χ0) is 18.2. The standard InChI is InChI=1S/C20H22O5/c1-5-25-20-18(23-3)11-14(12-19(20)24-4)9-10-17(21)15-7-6-8-16(13-15)22-2/h6-13H,5H2,1-4H3/b10-9+. The molecular formula is C20H22O5. The van der Waals surface area contributed by atoms with Gasteiger partial charge < -0.3 is 18.9 Å². The molecule has 5 heteroatoms. The van der Waals surface area contributed by atoms with Gasteiger partial charge in [-0.05, 0) is 42.8 Å². The zero-order valence-electron chi connectivity index (χ0n) is 14.9. The summed E-state index contributed by atoms with van der Waals surface area (Å²) in [6, 6.07) is 10.6. The lowest BCUT2D eigenvalue weighted by Crippen LogP contribution is -1.99. The van der Waals surface area contributed by atoms with Gasteiger partial charge in [0.1, 0.15) is 5.75 Å². The van der Waals surface area contributed by atoms with Crippen LogP contribution in [0.1, 0.15) is 22.8 Å². The Hall–Kier alpha value is -2.95. The van der Waals surface area contributed by atoms with Crippen molar-refractivity contribution < 1.29 is 23.7 Å². The van der Waals surface area contributed by atoms with Gasteiger partial charge in [0.25, 0.3) is 0 Å². The maximum atomic E-state index is 12.3. The summed E-state index contributed by atoms with van der Waals surface area (Å²) < 4.78 is 21.4. The Balaban J connectivity index is 2.29. The van der Waals surface area contributed by atoms with E-state index in [4.69, 9.17) is 18.9 Å². The molecule has 2 aromatic rings. The van der Waals surface area contributed by atoms with Crippen LogP contribution in [0.25, 0.3) is 6.08 Å². The first-order valence-electron chi connectivity index (χ1n) is 7.88. The molecule has 0 N–H and O–H groups in total. The van der Waals surface area contributed by atoms with Crippen LogP contribution in [-0.2, 0) is 0 Å². The lowest BCUT2D eigenvalue weighted by atomic mass is 10.1. The first-order valence-corrected chi connectivity index (χ1v) is 7.88. The molecule has 0 aromatic heterocycles. The van der Waals surface area contributed by atoms with Crippen LogP contribution < -0.4 is 18.9 Å². The highest BCUT2D eigenvalue weighted by molar-refractivity contribution is 6.07. The molecule has 0 radical (unpaired) electrons. The Bertz CT molecular complexity index is 739. The Morgan fingerprint density at radius 2 is 1.68 bits per heavy atom. The molecule has 2 aromatic carbocycles. The van der Waals surface area contributed by atoms with Crippen molar-refractivity contribution >= 4 is 11.9 Å². The van der Waals surface area contributed by atoms with Crippen molar-refractivity contribution in [3.63, 3.8) is 0 Å². The minimum atomic E-state index is -0.120. The van der Waals surface area contributed by atoms with E-state index in [2.05, 4.69) is 0 Å². The summed E-state index contributed by atoms with van der Waals surface area (Å²) in [5, 5.41) is 0. The van der Waals surface area contributed by atoms with E-state index in [1.165, 1.54) is 6.08 Å². The maximum Gasteiger partial charge on any atom is 0.203 e. The summed E-state index contributed by atoms with van der Waals surface area (Å²) >= 11 is 0. The van der Waals surface area contributed by atoms with Crippen molar-refractivity contribution in [1.82, 2.24) is 0 Å². The summed E-state index contributed by atoms with van der Waals surface area (Å²) in [5.41, 5.74) is 1.33. The van der Waals surface area contributed by atoms with Crippen molar-refractivity contribution in [1.29, 1.82) is 0 Å². The minimum Gasteiger partial charge on any atom is -0.497 e. The van der Waals surface area contributed by atoms with Crippen LogP contribution in [0.3, 0.4) is 0 Å². The zero-order valence-corrected chi connectivity index (χ0v) is 14.9. The Morgan fingerprint density at radius 3 is 2.24 bits per heavy atom. The number of carbonyl (C=O) groups is 1. The van der Waals surface area contributed by atoms with Crippen molar-refractivity contribution in [2.45, 2.75) is 6.92 Å². The predicted molar refractivity (Wildman–Crippen MR) is 97.1 cm³/mol. The van der Waals surface area contributed by atoms with Gasteiger partial charge in [-0.3, -0.25) is 4.79 Å². The number of allylic oxidation sites excluding steroid dienone is 1. The molecule has 2 rings (SSSR count). The summed E-state index contributed by atoms with van der Waals surface area (Å²) in [4.78, 5) is 12.3. The quantitative estimate of drug-likeness (QED) is 0.536. The first kappa shape index (κ1) is 18.4. The number of ketones is 1. The van der Waals surface area contributed by atoms with Crippen LogP contribution in [0.15, 0.2) is 42.5 Å². The second kappa shape index (κ2) is 8.78. The van der Waals surface area contributed by atoms with Gasteiger partial charge in [-0.25, -0.2) is 0 Å². The van der Waals surface area contributed by atoms with Crippen molar-refractivity contribution in [3.05, 3.63) is 53.6 Å². The molecule has 0 aliphatic heterocycles. The van der Waals surface area contributed by atoms with Gasteiger partial charge in [0.05, 0.1) is 27.9 Å². The van der Waals surface area contributed by atoms with Gasteiger partial charge in [-0.15, -0.1) is 0 Å². The average molecular weight is 342 g/mol. The van der Waals surface area contributed by atoms with Crippen molar-refractivity contribution in [3.8, 4) is 23.0 Å². The van der Waals surface area contributed by atoms with E-state index in [0.717, 1.165) is 5.56 Å². The van der Waals surface area contributed by atoms with Crippen LogP contribution in [0.2, 0.25) is 0 Å². The number of hydrogen-bond acceptors (Lipinski definition) is 5. The normalized spacial score (nSPS) is 10.6. The number of rotatable bonds is 8. The smallest absolute Gasteiger partial charge is 0.203 e. The summed E-state index contributed by atoms with van der Waals surface area (Å²) in [6.07, 6.45) is 3.21. The molecule has 0 aliphatic rings. The minimum absolute atomic E-state index is 0.120. The summed E-state index contributed by atoms with van der Waals surface area (Å²) in [5.74, 6) is 2.17. The van der Waals surface area contributed by atoms with E-state index in [1.54, 1.807) is 63.8 Å². The van der Waals surface area contributed by atoms with Crippen LogP contribution >= 0.6 is 0 Å². The fourth-order valence-electron chi connectivity index (χ4n) is 2.33. The third-order valence-corrected chi connectivity index (χ3v) is 3.55. The molecule has 0 amide bonds. The Kier molecular flexibility index (Phi) is 6.46. The lowest BCUT2D eigenvalue weighted by molar-refractivity contribution is 0.104. The third kappa shape index (κ3) is 4.53. The topological polar surface area (TPSA) is 54.0 Å². The van der Waals surface area contributed by atoms with Crippen LogP contribution in [-0.4, -0.2) is 33.7 Å². The first-order chi connectivity index (χ1) is 12.1. The number of benzene rings is 2. The maximum absolute atomic E-state index is 12.3. The molecule has 0 atom stereocenters. The van der Waals surface area contributed by atoms with Crippen LogP contribution in [0.5, 0.6) is 23.0 Å². The van der Waals surface area contributed by atoms with E-state index < -0.39 is 0 Å². The van der Waals surface area contributed by atoms with Gasteiger partial charge in [0, 0.05) is 5.56 Å². The van der Waals surface area contributed by atoms with Crippen molar-refractivity contribution in [2.24, 2.45) is 0 Å². The summed E-state index contributed by atoms with van der Waals surface area (Å²) in [7, 11) is 4.69. The molecule has 0 bridgehead atoms. The van der Waals surface area contributed by atoms with E-state index in [0.29, 0.717) is 35.2 Å². The number of ether oxygens (including phenoxy) is 4. The average Bonchev–Trinajstić information content (AvgIpc) is 2.66. The second-order valence-corrected chi connectivity index (χ2v) is 5.12. The number of carbonyl (C=O) groups excluding carboxylic acids is 1. The van der Waals surface area contributed by atoms with E-state index in [1.807, 2.05) is 6.92 Å². The van der Waals surface area contributed by atoms with Gasteiger partial charge >= 0.3 is 0 Å². The fourth-order valence-corrected chi connectivity index (χ4v) is 2.33. The summed E-state index contributed by atoms with van der Waals surface area (Å²) in [6.45, 7) is 2.38. The molecule has 0 unspecified atom stereocenters. The van der Waals surface area contributed by atoms with E-state index in [-0.39, 0.29) is 5.78 Å². The Labute approximate surface area is 147 Å². The molecule has 5 nitrogen and oxygen atoms in total. The molecule has 0 heterocycles. The molecule has 0 spiro atoms. The molecular weight excluding hydrogens is 320 g/mol. The molecule has 132 valence electrons. The number of methoxy groups -OCH3 is 3. The number of hydrogen-bond donors (Lipinski definition) is 0. The van der Waals surface area contributed by atoms with Crippen LogP contribution in [0.4, 0.5) is 0 Å². The Morgan fingerprint density at radius 1 is 1.00 bits per heavy atom. The molecule has 0 fully saturated rings. The highest BCUT2D eigenvalue weighted by atomic mass is 16.5. The highest BCUT2D eigenvalue weighted by Crippen LogP contribution is 2.38. The third-order valence-electron chi connectivity index (χ3n) is 3.55. The predicted octanol–water partition coefficient (Wildman–Crippen LogP) is 4.01. The van der Waals surface area contributed by atoms with Gasteiger partial charge in [0.15, 0.2) is 17.3 Å². The fraction of sp³-hybridized carbons (Fsp3) is 0.250. The lowest BCUT2D eigenvalue weighted by Gasteiger charge is -2.14. The van der Waals surface area contributed by atoms with Crippen molar-refractivity contribution in [2.75, 3.05) is 27.9 Å². The van der Waals surface area contributed by atoms with Gasteiger partial charge in [-0.1, -0.05) is 18.2 Å². The molecule has 25 heavy (non-hydrogen) atoms. The van der Waals surface area contributed by atoms with Gasteiger partial charge in [0.2, 0.25) is 5.75 Å². The van der Waals surface area contributed by atoms with Crippen LogP contribution in [0, 0.1) is 0 Å². The monoisotopic (exact) mass is 342 g/mol. The molecule has 0 saturated carbocycles. The second-order valence-electron chi connectivity index (χ2n) is 5.12. The largest absolute Gasteiger partial charge is 0.497 e. The van der Waals surface area contributed by atoms with E-state index in [9.17, 15) is 4.79 Å². The molecule has 0 aliphatic carbocycles. The van der Waals surface area contributed by atoms with Gasteiger partial charge in [-0.2, -0.15) is 0 Å².